The average Bonchev–Trinajstić information content (AvgIpc) is 2.83. The van der Waals surface area contributed by atoms with Crippen LogP contribution >= 0.6 is 11.6 Å². The summed E-state index contributed by atoms with van der Waals surface area (Å²) in [5.41, 5.74) is 0.827. The van der Waals surface area contributed by atoms with Gasteiger partial charge in [0.1, 0.15) is 11.5 Å². The summed E-state index contributed by atoms with van der Waals surface area (Å²) in [4.78, 5) is 25.4. The number of fused-ring (bicyclic) bond motifs is 1. The first-order valence-electron chi connectivity index (χ1n) is 7.45. The summed E-state index contributed by atoms with van der Waals surface area (Å²) in [5, 5.41) is 12.0. The van der Waals surface area contributed by atoms with Gasteiger partial charge in [-0.15, -0.1) is 0 Å². The van der Waals surface area contributed by atoms with Gasteiger partial charge in [0.25, 0.3) is 5.91 Å². The van der Waals surface area contributed by atoms with E-state index in [1.807, 2.05) is 0 Å². The highest BCUT2D eigenvalue weighted by atomic mass is 35.5. The number of nitrogens with one attached hydrogen (secondary N) is 2. The molecule has 0 bridgehead atoms. The number of carbonyl (C=O) groups is 2. The highest BCUT2D eigenvalue weighted by Gasteiger charge is 2.16. The zero-order chi connectivity index (χ0) is 16.8. The van der Waals surface area contributed by atoms with Gasteiger partial charge in [-0.1, -0.05) is 24.4 Å². The van der Waals surface area contributed by atoms with Crippen molar-refractivity contribution in [2.75, 3.05) is 6.54 Å². The van der Waals surface area contributed by atoms with Crippen LogP contribution in [0, 0.1) is 5.82 Å². The number of aromatic nitrogens is 1. The minimum absolute atomic E-state index is 0.174. The summed E-state index contributed by atoms with van der Waals surface area (Å²) in [6.45, 7) is 0.478. The highest BCUT2D eigenvalue weighted by molar-refractivity contribution is 6.38. The highest BCUT2D eigenvalue weighted by Crippen LogP contribution is 2.27. The van der Waals surface area contributed by atoms with Crippen LogP contribution in [0.2, 0.25) is 5.02 Å². The number of carboxylic acid groups (broad SMARTS) is 1. The summed E-state index contributed by atoms with van der Waals surface area (Å²) in [7, 11) is 0. The Hall–Kier alpha value is -2.08. The molecule has 0 saturated heterocycles. The number of aliphatic carboxylic acids is 1. The minimum atomic E-state index is -0.789. The molecule has 1 heterocycles. The van der Waals surface area contributed by atoms with Crippen molar-refractivity contribution in [2.45, 2.75) is 32.1 Å². The number of halogens is 2. The minimum Gasteiger partial charge on any atom is -0.481 e. The van der Waals surface area contributed by atoms with Crippen LogP contribution in [0.15, 0.2) is 18.2 Å². The Balaban J connectivity index is 1.82. The summed E-state index contributed by atoms with van der Waals surface area (Å²) < 4.78 is 13.2. The van der Waals surface area contributed by atoms with Crippen LogP contribution in [0.25, 0.3) is 10.9 Å². The van der Waals surface area contributed by atoms with E-state index in [4.69, 9.17) is 16.7 Å². The van der Waals surface area contributed by atoms with Crippen LogP contribution in [-0.2, 0) is 4.79 Å². The van der Waals surface area contributed by atoms with Crippen molar-refractivity contribution in [3.63, 3.8) is 0 Å². The third-order valence-corrected chi connectivity index (χ3v) is 3.92. The van der Waals surface area contributed by atoms with Crippen LogP contribution < -0.4 is 5.32 Å². The van der Waals surface area contributed by atoms with E-state index in [1.54, 1.807) is 0 Å². The molecule has 0 fully saturated rings. The SMILES string of the molecule is O=C(O)CCCCCCNC(=O)c1[nH]c2ccc(F)cc2c1Cl. The molecule has 0 aliphatic carbocycles. The van der Waals surface area contributed by atoms with Gasteiger partial charge in [-0.3, -0.25) is 9.59 Å². The van der Waals surface area contributed by atoms with Crippen molar-refractivity contribution in [1.29, 1.82) is 0 Å². The number of rotatable bonds is 8. The normalized spacial score (nSPS) is 10.9. The number of carbonyl (C=O) groups excluding carboxylic acids is 1. The molecule has 1 aromatic heterocycles. The molecule has 0 unspecified atom stereocenters. The van der Waals surface area contributed by atoms with Crippen molar-refractivity contribution in [3.8, 4) is 0 Å². The van der Waals surface area contributed by atoms with E-state index in [1.165, 1.54) is 18.2 Å². The van der Waals surface area contributed by atoms with Crippen LogP contribution in [-0.4, -0.2) is 28.5 Å². The topological polar surface area (TPSA) is 82.2 Å². The number of unbranched alkanes of at least 4 members (excludes halogenated alkanes) is 3. The molecule has 5 nitrogen and oxygen atoms in total. The van der Waals surface area contributed by atoms with Gasteiger partial charge >= 0.3 is 5.97 Å². The second-order valence-electron chi connectivity index (χ2n) is 5.32. The van der Waals surface area contributed by atoms with Gasteiger partial charge in [0.2, 0.25) is 0 Å². The lowest BCUT2D eigenvalue weighted by Crippen LogP contribution is -2.25. The van der Waals surface area contributed by atoms with E-state index in [-0.39, 0.29) is 23.0 Å². The van der Waals surface area contributed by atoms with E-state index in [0.717, 1.165) is 19.3 Å². The van der Waals surface area contributed by atoms with E-state index in [0.29, 0.717) is 23.9 Å². The molecule has 0 aliphatic heterocycles. The standard InChI is InChI=1S/C16H18ClFN2O3/c17-14-11-9-10(18)6-7-12(11)20-15(14)16(23)19-8-4-2-1-3-5-13(21)22/h6-7,9,20H,1-5,8H2,(H,19,23)(H,21,22). The second kappa shape index (κ2) is 7.97. The van der Waals surface area contributed by atoms with Crippen molar-refractivity contribution in [3.05, 3.63) is 34.7 Å². The Bertz CT molecular complexity index is 715. The number of amides is 1. The lowest BCUT2D eigenvalue weighted by Gasteiger charge is -2.04. The Morgan fingerprint density at radius 1 is 1.22 bits per heavy atom. The second-order valence-corrected chi connectivity index (χ2v) is 5.70. The van der Waals surface area contributed by atoms with Gasteiger partial charge in [-0.2, -0.15) is 0 Å². The smallest absolute Gasteiger partial charge is 0.303 e. The zero-order valence-electron chi connectivity index (χ0n) is 12.5. The van der Waals surface area contributed by atoms with E-state index in [9.17, 15) is 14.0 Å². The van der Waals surface area contributed by atoms with Gasteiger partial charge in [0, 0.05) is 23.9 Å². The van der Waals surface area contributed by atoms with E-state index >= 15 is 0 Å². The molecule has 3 N–H and O–H groups in total. The van der Waals surface area contributed by atoms with Crippen molar-refractivity contribution < 1.29 is 19.1 Å². The molecule has 0 spiro atoms. The molecule has 1 aromatic carbocycles. The first-order valence-corrected chi connectivity index (χ1v) is 7.83. The molecule has 124 valence electrons. The number of benzene rings is 1. The quantitative estimate of drug-likeness (QED) is 0.640. The number of hydrogen-bond acceptors (Lipinski definition) is 2. The van der Waals surface area contributed by atoms with Gasteiger partial charge < -0.3 is 15.4 Å². The lowest BCUT2D eigenvalue weighted by atomic mass is 10.1. The van der Waals surface area contributed by atoms with Gasteiger partial charge in [-0.25, -0.2) is 4.39 Å². The predicted octanol–water partition coefficient (Wildman–Crippen LogP) is 3.73. The number of hydrogen-bond donors (Lipinski definition) is 3. The summed E-state index contributed by atoms with van der Waals surface area (Å²) in [6.07, 6.45) is 3.24. The Labute approximate surface area is 137 Å². The molecule has 0 atom stereocenters. The number of carboxylic acids is 1. The molecule has 0 aliphatic rings. The van der Waals surface area contributed by atoms with Crippen LogP contribution in [0.4, 0.5) is 4.39 Å². The third-order valence-electron chi connectivity index (χ3n) is 3.53. The molecular weight excluding hydrogens is 323 g/mol. The van der Waals surface area contributed by atoms with Crippen molar-refractivity contribution >= 4 is 34.4 Å². The number of H-pyrrole nitrogens is 1. The van der Waals surface area contributed by atoms with Gasteiger partial charge in [0.05, 0.1) is 5.02 Å². The molecule has 7 heteroatoms. The van der Waals surface area contributed by atoms with E-state index < -0.39 is 11.8 Å². The molecular formula is C16H18ClFN2O3. The molecule has 0 radical (unpaired) electrons. The fourth-order valence-corrected chi connectivity index (χ4v) is 2.62. The zero-order valence-corrected chi connectivity index (χ0v) is 13.3. The average molecular weight is 341 g/mol. The molecule has 1 amide bonds. The fourth-order valence-electron chi connectivity index (χ4n) is 2.33. The van der Waals surface area contributed by atoms with Crippen LogP contribution in [0.1, 0.15) is 42.6 Å². The molecule has 2 aromatic rings. The summed E-state index contributed by atoms with van der Waals surface area (Å²) >= 11 is 6.12. The fraction of sp³-hybridized carbons (Fsp3) is 0.375. The van der Waals surface area contributed by atoms with Gasteiger partial charge in [-0.05, 0) is 31.0 Å². The van der Waals surface area contributed by atoms with Crippen molar-refractivity contribution in [1.82, 2.24) is 10.3 Å². The summed E-state index contributed by atoms with van der Waals surface area (Å²) in [6, 6.07) is 4.12. The Kier molecular flexibility index (Phi) is 5.98. The maximum absolute atomic E-state index is 13.2. The molecule has 0 saturated carbocycles. The maximum Gasteiger partial charge on any atom is 0.303 e. The van der Waals surface area contributed by atoms with E-state index in [2.05, 4.69) is 10.3 Å². The monoisotopic (exact) mass is 340 g/mol. The Morgan fingerprint density at radius 3 is 2.70 bits per heavy atom. The maximum atomic E-state index is 13.2. The first kappa shape index (κ1) is 17.3. The molecule has 23 heavy (non-hydrogen) atoms. The first-order chi connectivity index (χ1) is 11.0. The lowest BCUT2D eigenvalue weighted by molar-refractivity contribution is -0.137. The van der Waals surface area contributed by atoms with Crippen LogP contribution in [0.5, 0.6) is 0 Å². The number of aromatic amines is 1. The summed E-state index contributed by atoms with van der Waals surface area (Å²) in [5.74, 6) is -1.54. The van der Waals surface area contributed by atoms with Crippen molar-refractivity contribution in [2.24, 2.45) is 0 Å². The Morgan fingerprint density at radius 2 is 1.96 bits per heavy atom. The van der Waals surface area contributed by atoms with Gasteiger partial charge in [0.15, 0.2) is 0 Å². The largest absolute Gasteiger partial charge is 0.481 e. The predicted molar refractivity (Wildman–Crippen MR) is 86.3 cm³/mol. The third kappa shape index (κ3) is 4.69. The molecule has 2 rings (SSSR count). The van der Waals surface area contributed by atoms with Crippen LogP contribution in [0.3, 0.4) is 0 Å².